The van der Waals surface area contributed by atoms with Gasteiger partial charge in [-0.15, -0.1) is 0 Å². The van der Waals surface area contributed by atoms with Gasteiger partial charge in [-0.2, -0.15) is 0 Å². The molecule has 148 valence electrons. The van der Waals surface area contributed by atoms with Crippen LogP contribution in [0.15, 0.2) is 24.9 Å². The molecule has 1 saturated heterocycles. The molecule has 28 heavy (non-hydrogen) atoms. The van der Waals surface area contributed by atoms with Crippen LogP contribution in [0.5, 0.6) is 0 Å². The number of aryl methyl sites for hydroxylation is 1. The van der Waals surface area contributed by atoms with Gasteiger partial charge in [0.25, 0.3) is 0 Å². The van der Waals surface area contributed by atoms with Crippen molar-refractivity contribution in [2.24, 2.45) is 7.05 Å². The van der Waals surface area contributed by atoms with Gasteiger partial charge in [-0.3, -0.25) is 0 Å². The molecule has 1 aliphatic heterocycles. The summed E-state index contributed by atoms with van der Waals surface area (Å²) in [6.45, 7) is -0.429. The topological polar surface area (TPSA) is 162 Å². The van der Waals surface area contributed by atoms with Crippen LogP contribution in [-0.2, 0) is 11.8 Å². The Morgan fingerprint density at radius 3 is 2.79 bits per heavy atom. The molecule has 3 N–H and O–H groups in total. The van der Waals surface area contributed by atoms with E-state index in [1.54, 1.807) is 28.4 Å². The average Bonchev–Trinajstić information content (AvgIpc) is 3.33. The average molecular weight is 455 g/mol. The predicted molar refractivity (Wildman–Crippen MR) is 95.4 cm³/mol. The van der Waals surface area contributed by atoms with Crippen LogP contribution in [0.4, 0.5) is 5.82 Å². The molecule has 13 heteroatoms. The predicted octanol–water partition coefficient (Wildman–Crippen LogP) is -2.66. The minimum absolute atomic E-state index is 0.211. The summed E-state index contributed by atoms with van der Waals surface area (Å²) < 4.78 is 9.77. The van der Waals surface area contributed by atoms with E-state index in [1.807, 2.05) is 0 Å². The van der Waals surface area contributed by atoms with E-state index in [1.165, 1.54) is 12.7 Å². The van der Waals surface area contributed by atoms with Gasteiger partial charge in [-0.05, 0) is 0 Å². The van der Waals surface area contributed by atoms with Gasteiger partial charge in [0.15, 0.2) is 0 Å². The molecule has 0 spiro atoms. The van der Waals surface area contributed by atoms with Crippen LogP contribution in [0.25, 0.3) is 11.0 Å². The van der Waals surface area contributed by atoms with Crippen LogP contribution >= 0.6 is 0 Å². The second kappa shape index (κ2) is 7.20. The van der Waals surface area contributed by atoms with Gasteiger partial charge in [0.2, 0.25) is 0 Å². The molecule has 0 aliphatic carbocycles. The quantitative estimate of drug-likeness (QED) is 0.212. The fraction of sp³-hybridized carbons (Fsp3) is 0.400. The number of ether oxygens (including phenoxy) is 1. The van der Waals surface area contributed by atoms with Crippen molar-refractivity contribution in [2.45, 2.75) is 24.5 Å². The maximum absolute atomic E-state index is 11.2. The Morgan fingerprint density at radius 1 is 1.32 bits per heavy atom. The van der Waals surface area contributed by atoms with Gasteiger partial charge in [-0.25, -0.2) is 0 Å². The first-order chi connectivity index (χ1) is 13.4. The molecule has 4 rings (SSSR count). The van der Waals surface area contributed by atoms with E-state index in [2.05, 4.69) is 15.0 Å². The van der Waals surface area contributed by atoms with Gasteiger partial charge < -0.3 is 0 Å². The Hall–Kier alpha value is -2.41. The monoisotopic (exact) mass is 456 g/mol. The van der Waals surface area contributed by atoms with E-state index >= 15 is 0 Å². The van der Waals surface area contributed by atoms with Gasteiger partial charge >= 0.3 is 163 Å². The van der Waals surface area contributed by atoms with Crippen molar-refractivity contribution < 1.29 is 25.0 Å². The van der Waals surface area contributed by atoms with Crippen molar-refractivity contribution in [3.8, 4) is 0 Å². The Morgan fingerprint density at radius 2 is 2.11 bits per heavy atom. The van der Waals surface area contributed by atoms with Crippen molar-refractivity contribution in [3.05, 3.63) is 35.0 Å². The SMILES string of the molecule is Cn1cnc([N+](=O)[O-])c1[Se]c1ncnc2c1ccn2[C@@H]1O[C@H](CO)[C@@H](O)[C@H]1O. The van der Waals surface area contributed by atoms with Crippen LogP contribution in [0.3, 0.4) is 0 Å². The van der Waals surface area contributed by atoms with Gasteiger partial charge in [0, 0.05) is 0 Å². The molecule has 3 aromatic rings. The molecule has 3 aromatic heterocycles. The second-order valence-corrected chi connectivity index (χ2v) is 8.26. The molecule has 1 aliphatic rings. The van der Waals surface area contributed by atoms with Crippen molar-refractivity contribution in [1.82, 2.24) is 24.1 Å². The normalized spacial score (nSPS) is 24.9. The van der Waals surface area contributed by atoms with Crippen molar-refractivity contribution >= 4 is 41.0 Å². The molecular formula is C15H16N6O6Se. The van der Waals surface area contributed by atoms with Gasteiger partial charge in [-0.1, -0.05) is 0 Å². The summed E-state index contributed by atoms with van der Waals surface area (Å²) in [7, 11) is 1.68. The summed E-state index contributed by atoms with van der Waals surface area (Å²) in [6, 6.07) is 1.73. The third kappa shape index (κ3) is 2.98. The first-order valence-corrected chi connectivity index (χ1v) is 9.91. The first kappa shape index (κ1) is 18.9. The fourth-order valence-electron chi connectivity index (χ4n) is 3.09. The van der Waals surface area contributed by atoms with E-state index in [0.717, 1.165) is 0 Å². The molecule has 0 saturated carbocycles. The van der Waals surface area contributed by atoms with E-state index < -0.39 is 51.0 Å². The Balaban J connectivity index is 1.72. The number of aliphatic hydroxyl groups excluding tert-OH is 3. The number of fused-ring (bicyclic) bond motifs is 1. The number of nitrogens with zero attached hydrogens (tertiary/aromatic N) is 6. The van der Waals surface area contributed by atoms with E-state index in [-0.39, 0.29) is 5.82 Å². The minimum atomic E-state index is -1.24. The molecule has 12 nitrogen and oxygen atoms in total. The summed E-state index contributed by atoms with van der Waals surface area (Å²) in [5, 5.41) is 41.4. The number of aromatic nitrogens is 5. The number of rotatable bonds is 5. The third-order valence-electron chi connectivity index (χ3n) is 4.50. The maximum atomic E-state index is 11.2. The molecule has 0 aromatic carbocycles. The molecule has 0 amide bonds. The van der Waals surface area contributed by atoms with Crippen LogP contribution in [0.1, 0.15) is 6.23 Å². The van der Waals surface area contributed by atoms with E-state index in [4.69, 9.17) is 4.74 Å². The number of nitro groups is 1. The molecule has 0 unspecified atom stereocenters. The Bertz CT molecular complexity index is 1040. The van der Waals surface area contributed by atoms with Crippen LogP contribution in [0.2, 0.25) is 0 Å². The molecule has 0 radical (unpaired) electrons. The summed E-state index contributed by atoms with van der Waals surface area (Å²) in [5.41, 5.74) is 0.450. The van der Waals surface area contributed by atoms with Gasteiger partial charge in [0.1, 0.15) is 0 Å². The number of hydrogen-bond donors (Lipinski definition) is 3. The number of imidazole rings is 1. The van der Waals surface area contributed by atoms with Crippen LogP contribution in [0, 0.1) is 10.1 Å². The van der Waals surface area contributed by atoms with Crippen molar-refractivity contribution in [2.75, 3.05) is 6.61 Å². The summed E-state index contributed by atoms with van der Waals surface area (Å²) in [6.07, 6.45) is 0.0600. The fourth-order valence-corrected chi connectivity index (χ4v) is 5.10. The summed E-state index contributed by atoms with van der Waals surface area (Å²) >= 11 is -0.524. The molecular weight excluding hydrogens is 439 g/mol. The number of hydrogen-bond acceptors (Lipinski definition) is 9. The molecule has 4 atom stereocenters. The van der Waals surface area contributed by atoms with Crippen LogP contribution < -0.4 is 9.18 Å². The Labute approximate surface area is 163 Å². The second-order valence-electron chi connectivity index (χ2n) is 6.21. The zero-order valence-corrected chi connectivity index (χ0v) is 16.2. The van der Waals surface area contributed by atoms with E-state index in [9.17, 15) is 25.4 Å². The number of aliphatic hydroxyl groups is 3. The molecule has 1 fully saturated rings. The summed E-state index contributed by atoms with van der Waals surface area (Å²) in [5.74, 6) is -0.211. The standard InChI is InChI=1S/C15H16N6O6Se/c1-19-6-18-12(21(25)26)15(19)28-13-7-2-3-20(11(7)16-5-17-13)14-10(24)9(23)8(4-22)27-14/h2-3,5-6,8-10,14,22-24H,4H2,1H3/t8-,9-,10-,14-/m1/s1. The molecule has 4 heterocycles. The zero-order chi connectivity index (χ0) is 20.0. The Kier molecular flexibility index (Phi) is 4.87. The first-order valence-electron chi connectivity index (χ1n) is 8.20. The summed E-state index contributed by atoms with van der Waals surface area (Å²) in [4.78, 5) is 23.0. The zero-order valence-electron chi connectivity index (χ0n) is 14.5. The van der Waals surface area contributed by atoms with E-state index in [0.29, 0.717) is 20.2 Å². The van der Waals surface area contributed by atoms with Crippen molar-refractivity contribution in [1.29, 1.82) is 0 Å². The van der Waals surface area contributed by atoms with Gasteiger partial charge in [0.05, 0.1) is 0 Å². The van der Waals surface area contributed by atoms with Crippen LogP contribution in [-0.4, -0.2) is 84.2 Å². The molecule has 0 bridgehead atoms. The third-order valence-corrected chi connectivity index (χ3v) is 6.98. The van der Waals surface area contributed by atoms with Crippen molar-refractivity contribution in [3.63, 3.8) is 0 Å².